The van der Waals surface area contributed by atoms with Crippen LogP contribution in [0.5, 0.6) is 0 Å². The van der Waals surface area contributed by atoms with Gasteiger partial charge in [-0.3, -0.25) is 0 Å². The lowest BCUT2D eigenvalue weighted by atomic mass is 9.97. The van der Waals surface area contributed by atoms with Crippen molar-refractivity contribution in [3.8, 4) is 0 Å². The molecule has 0 unspecified atom stereocenters. The Kier molecular flexibility index (Phi) is 2.71. The molecule has 0 bridgehead atoms. The van der Waals surface area contributed by atoms with Crippen LogP contribution in [0, 0.1) is 0 Å². The predicted molar refractivity (Wildman–Crippen MR) is 63.2 cm³/mol. The van der Waals surface area contributed by atoms with E-state index >= 15 is 0 Å². The molecule has 0 aliphatic carbocycles. The molecule has 0 saturated heterocycles. The van der Waals surface area contributed by atoms with Crippen LogP contribution >= 0.6 is 11.6 Å². The standard InChI is InChI=1S/C11H11ClN2O3/c1-11(2,13-10(15)16)9-6-4-3-5-7(12)8(6)17-14-9/h3-5,13H,1-2H3,(H,15,16). The summed E-state index contributed by atoms with van der Waals surface area (Å²) in [6.45, 7) is 3.42. The molecule has 0 aliphatic rings. The van der Waals surface area contributed by atoms with E-state index in [2.05, 4.69) is 10.5 Å². The van der Waals surface area contributed by atoms with Gasteiger partial charge in [0.25, 0.3) is 0 Å². The third kappa shape index (κ3) is 2.06. The number of benzene rings is 1. The van der Waals surface area contributed by atoms with Crippen molar-refractivity contribution in [1.82, 2.24) is 10.5 Å². The number of hydrogen-bond donors (Lipinski definition) is 2. The highest BCUT2D eigenvalue weighted by atomic mass is 35.5. The van der Waals surface area contributed by atoms with Crippen LogP contribution in [-0.4, -0.2) is 16.4 Å². The van der Waals surface area contributed by atoms with Gasteiger partial charge in [0.2, 0.25) is 0 Å². The summed E-state index contributed by atoms with van der Waals surface area (Å²) in [6.07, 6.45) is -1.12. The Balaban J connectivity index is 2.56. The van der Waals surface area contributed by atoms with Crippen LogP contribution in [0.1, 0.15) is 19.5 Å². The predicted octanol–water partition coefficient (Wildman–Crippen LogP) is 2.98. The Bertz CT molecular complexity index is 577. The number of hydrogen-bond acceptors (Lipinski definition) is 3. The Morgan fingerprint density at radius 3 is 2.88 bits per heavy atom. The Morgan fingerprint density at radius 1 is 1.53 bits per heavy atom. The molecule has 2 rings (SSSR count). The van der Waals surface area contributed by atoms with E-state index in [4.69, 9.17) is 21.2 Å². The molecular weight excluding hydrogens is 244 g/mol. The molecule has 0 spiro atoms. The van der Waals surface area contributed by atoms with E-state index < -0.39 is 11.6 Å². The van der Waals surface area contributed by atoms with Gasteiger partial charge in [0.05, 0.1) is 10.6 Å². The van der Waals surface area contributed by atoms with Gasteiger partial charge < -0.3 is 14.9 Å². The topological polar surface area (TPSA) is 75.4 Å². The number of nitrogens with one attached hydrogen (secondary N) is 1. The van der Waals surface area contributed by atoms with Crippen molar-refractivity contribution in [2.45, 2.75) is 19.4 Å². The number of fused-ring (bicyclic) bond motifs is 1. The third-order valence-electron chi connectivity index (χ3n) is 2.46. The zero-order valence-corrected chi connectivity index (χ0v) is 10.1. The van der Waals surface area contributed by atoms with Crippen molar-refractivity contribution in [1.29, 1.82) is 0 Å². The number of carbonyl (C=O) groups is 1. The number of amides is 1. The summed E-state index contributed by atoms with van der Waals surface area (Å²) in [4.78, 5) is 10.7. The SMILES string of the molecule is CC(C)(NC(=O)O)c1noc2c(Cl)cccc12. The smallest absolute Gasteiger partial charge is 0.405 e. The fraction of sp³-hybridized carbons (Fsp3) is 0.273. The summed E-state index contributed by atoms with van der Waals surface area (Å²) in [5, 5.41) is 16.2. The van der Waals surface area contributed by atoms with Crippen molar-refractivity contribution in [2.75, 3.05) is 0 Å². The zero-order chi connectivity index (χ0) is 12.6. The van der Waals surface area contributed by atoms with Crippen LogP contribution in [0.15, 0.2) is 22.7 Å². The Morgan fingerprint density at radius 2 is 2.24 bits per heavy atom. The van der Waals surface area contributed by atoms with E-state index in [1.54, 1.807) is 32.0 Å². The first-order chi connectivity index (χ1) is 7.92. The maximum Gasteiger partial charge on any atom is 0.405 e. The van der Waals surface area contributed by atoms with Crippen LogP contribution in [0.3, 0.4) is 0 Å². The van der Waals surface area contributed by atoms with E-state index in [1.165, 1.54) is 0 Å². The van der Waals surface area contributed by atoms with Gasteiger partial charge in [0.1, 0.15) is 5.69 Å². The van der Waals surface area contributed by atoms with E-state index in [0.29, 0.717) is 21.7 Å². The minimum Gasteiger partial charge on any atom is -0.465 e. The summed E-state index contributed by atoms with van der Waals surface area (Å²) in [7, 11) is 0. The average molecular weight is 255 g/mol. The van der Waals surface area contributed by atoms with Crippen molar-refractivity contribution >= 4 is 28.7 Å². The van der Waals surface area contributed by atoms with Gasteiger partial charge in [-0.2, -0.15) is 0 Å². The lowest BCUT2D eigenvalue weighted by molar-refractivity contribution is 0.181. The molecule has 1 heterocycles. The van der Waals surface area contributed by atoms with Crippen LogP contribution in [-0.2, 0) is 5.54 Å². The normalized spacial score (nSPS) is 11.7. The third-order valence-corrected chi connectivity index (χ3v) is 2.76. The summed E-state index contributed by atoms with van der Waals surface area (Å²) < 4.78 is 5.13. The lowest BCUT2D eigenvalue weighted by Gasteiger charge is -2.21. The molecule has 6 heteroatoms. The molecule has 90 valence electrons. The molecule has 0 radical (unpaired) electrons. The van der Waals surface area contributed by atoms with Crippen LogP contribution in [0.25, 0.3) is 11.0 Å². The second-order valence-corrected chi connectivity index (χ2v) is 4.61. The van der Waals surface area contributed by atoms with E-state index in [9.17, 15) is 4.79 Å². The lowest BCUT2D eigenvalue weighted by Crippen LogP contribution is -2.40. The van der Waals surface area contributed by atoms with Gasteiger partial charge >= 0.3 is 6.09 Å². The molecule has 2 aromatic rings. The fourth-order valence-electron chi connectivity index (χ4n) is 1.71. The molecule has 1 aromatic carbocycles. The first-order valence-corrected chi connectivity index (χ1v) is 5.35. The quantitative estimate of drug-likeness (QED) is 0.864. The monoisotopic (exact) mass is 254 g/mol. The first kappa shape index (κ1) is 11.7. The Labute approximate surface area is 102 Å². The zero-order valence-electron chi connectivity index (χ0n) is 9.32. The highest BCUT2D eigenvalue weighted by Gasteiger charge is 2.29. The number of para-hydroxylation sites is 1. The molecule has 0 saturated carbocycles. The molecule has 1 aromatic heterocycles. The minimum absolute atomic E-state index is 0.451. The van der Waals surface area contributed by atoms with Gasteiger partial charge in [-0.25, -0.2) is 4.79 Å². The first-order valence-electron chi connectivity index (χ1n) is 4.97. The van der Waals surface area contributed by atoms with Gasteiger partial charge in [-0.15, -0.1) is 0 Å². The van der Waals surface area contributed by atoms with Gasteiger partial charge in [0, 0.05) is 5.39 Å². The second-order valence-electron chi connectivity index (χ2n) is 4.20. The summed E-state index contributed by atoms with van der Waals surface area (Å²) in [5.41, 5.74) is 0.128. The number of rotatable bonds is 2. The Hall–Kier alpha value is -1.75. The van der Waals surface area contributed by atoms with E-state index in [0.717, 1.165) is 0 Å². The van der Waals surface area contributed by atoms with Crippen LogP contribution in [0.2, 0.25) is 5.02 Å². The van der Waals surface area contributed by atoms with Crippen molar-refractivity contribution in [3.63, 3.8) is 0 Å². The number of nitrogens with zero attached hydrogens (tertiary/aromatic N) is 1. The summed E-state index contributed by atoms with van der Waals surface area (Å²) >= 11 is 5.96. The van der Waals surface area contributed by atoms with E-state index in [-0.39, 0.29) is 0 Å². The van der Waals surface area contributed by atoms with Crippen LogP contribution < -0.4 is 5.32 Å². The van der Waals surface area contributed by atoms with E-state index in [1.807, 2.05) is 0 Å². The number of halogens is 1. The molecule has 2 N–H and O–H groups in total. The van der Waals surface area contributed by atoms with Gasteiger partial charge in [-0.1, -0.05) is 22.8 Å². The maximum absolute atomic E-state index is 10.7. The summed E-state index contributed by atoms with van der Waals surface area (Å²) in [5.74, 6) is 0. The number of carboxylic acid groups (broad SMARTS) is 1. The van der Waals surface area contributed by atoms with Gasteiger partial charge in [-0.05, 0) is 26.0 Å². The molecule has 0 fully saturated rings. The second kappa shape index (κ2) is 3.92. The molecule has 1 amide bonds. The fourth-order valence-corrected chi connectivity index (χ4v) is 1.91. The molecule has 0 atom stereocenters. The number of aromatic nitrogens is 1. The van der Waals surface area contributed by atoms with Crippen LogP contribution in [0.4, 0.5) is 4.79 Å². The molecule has 17 heavy (non-hydrogen) atoms. The van der Waals surface area contributed by atoms with Crippen molar-refractivity contribution < 1.29 is 14.4 Å². The summed E-state index contributed by atoms with van der Waals surface area (Å²) in [6, 6.07) is 5.25. The highest BCUT2D eigenvalue weighted by molar-refractivity contribution is 6.34. The maximum atomic E-state index is 10.7. The van der Waals surface area contributed by atoms with Crippen molar-refractivity contribution in [3.05, 3.63) is 28.9 Å². The molecule has 0 aliphatic heterocycles. The molecule has 5 nitrogen and oxygen atoms in total. The average Bonchev–Trinajstić information content (AvgIpc) is 2.61. The van der Waals surface area contributed by atoms with Crippen molar-refractivity contribution in [2.24, 2.45) is 0 Å². The largest absolute Gasteiger partial charge is 0.465 e. The highest BCUT2D eigenvalue weighted by Crippen LogP contribution is 2.31. The minimum atomic E-state index is -1.12. The van der Waals surface area contributed by atoms with Gasteiger partial charge in [0.15, 0.2) is 5.58 Å². The molecular formula is C11H11ClN2O3.